The van der Waals surface area contributed by atoms with Crippen molar-refractivity contribution in [2.75, 3.05) is 7.11 Å². The number of aliphatic hydroxyl groups is 1. The first-order valence-electron chi connectivity index (χ1n) is 12.9. The van der Waals surface area contributed by atoms with E-state index in [9.17, 15) is 9.90 Å². The fourth-order valence-electron chi connectivity index (χ4n) is 6.62. The minimum absolute atomic E-state index is 0.0159. The van der Waals surface area contributed by atoms with Crippen LogP contribution in [0.5, 0.6) is 5.75 Å². The van der Waals surface area contributed by atoms with E-state index >= 15 is 0 Å². The number of rotatable bonds is 9. The van der Waals surface area contributed by atoms with Gasteiger partial charge in [0.15, 0.2) is 0 Å². The number of carbonyl (C=O) groups is 1. The van der Waals surface area contributed by atoms with Crippen molar-refractivity contribution in [2.24, 2.45) is 16.7 Å². The summed E-state index contributed by atoms with van der Waals surface area (Å²) in [6.07, 6.45) is 6.68. The molecule has 4 rings (SSSR count). The minimum Gasteiger partial charge on any atom is -0.497 e. The molecule has 6 heteroatoms. The van der Waals surface area contributed by atoms with Crippen molar-refractivity contribution in [1.82, 2.24) is 15.6 Å². The first-order valence-corrected chi connectivity index (χ1v) is 12.9. The smallest absolute Gasteiger partial charge is 0.220 e. The number of carbonyl (C=O) groups excluding carboxylic acids is 1. The van der Waals surface area contributed by atoms with Crippen molar-refractivity contribution in [3.63, 3.8) is 0 Å². The Kier molecular flexibility index (Phi) is 7.53. The Labute approximate surface area is 209 Å². The molecule has 0 saturated heterocycles. The van der Waals surface area contributed by atoms with Crippen LogP contribution in [0.4, 0.5) is 0 Å². The zero-order chi connectivity index (χ0) is 25.1. The molecule has 4 atom stereocenters. The van der Waals surface area contributed by atoms with E-state index in [1.807, 2.05) is 49.5 Å². The Morgan fingerprint density at radius 2 is 1.86 bits per heavy atom. The quantitative estimate of drug-likeness (QED) is 0.489. The second kappa shape index (κ2) is 10.3. The van der Waals surface area contributed by atoms with Crippen LogP contribution in [0.25, 0.3) is 0 Å². The maximum atomic E-state index is 12.9. The molecule has 1 aromatic carbocycles. The van der Waals surface area contributed by atoms with Gasteiger partial charge in [0.1, 0.15) is 5.75 Å². The van der Waals surface area contributed by atoms with Crippen LogP contribution in [0, 0.1) is 16.7 Å². The molecule has 1 amide bonds. The molecule has 0 radical (unpaired) electrons. The predicted molar refractivity (Wildman–Crippen MR) is 138 cm³/mol. The van der Waals surface area contributed by atoms with Gasteiger partial charge in [-0.25, -0.2) is 0 Å². The number of hydrogen-bond donors (Lipinski definition) is 3. The highest BCUT2D eigenvalue weighted by atomic mass is 16.5. The molecule has 1 aromatic heterocycles. The highest BCUT2D eigenvalue weighted by molar-refractivity contribution is 5.76. The summed E-state index contributed by atoms with van der Waals surface area (Å²) in [5, 5.41) is 17.9. The number of benzene rings is 1. The number of fused-ring (bicyclic) bond motifs is 1. The molecular weight excluding hydrogens is 438 g/mol. The highest BCUT2D eigenvalue weighted by Gasteiger charge is 2.61. The van der Waals surface area contributed by atoms with E-state index in [0.717, 1.165) is 55.7 Å². The summed E-state index contributed by atoms with van der Waals surface area (Å²) in [6.45, 7) is 7.88. The van der Waals surface area contributed by atoms with Gasteiger partial charge in [-0.15, -0.1) is 0 Å². The highest BCUT2D eigenvalue weighted by Crippen LogP contribution is 2.63. The summed E-state index contributed by atoms with van der Waals surface area (Å²) in [4.78, 5) is 17.4. The molecule has 1 heterocycles. The Morgan fingerprint density at radius 3 is 2.54 bits per heavy atom. The average Bonchev–Trinajstić information content (AvgIpc) is 3.06. The maximum Gasteiger partial charge on any atom is 0.220 e. The summed E-state index contributed by atoms with van der Waals surface area (Å²) in [6, 6.07) is 14.1. The van der Waals surface area contributed by atoms with Gasteiger partial charge in [-0.1, -0.05) is 32.0 Å². The van der Waals surface area contributed by atoms with Gasteiger partial charge in [0, 0.05) is 31.7 Å². The second-order valence-electron chi connectivity index (χ2n) is 11.6. The molecule has 35 heavy (non-hydrogen) atoms. The van der Waals surface area contributed by atoms with Gasteiger partial charge in [0.25, 0.3) is 0 Å². The van der Waals surface area contributed by atoms with Crippen molar-refractivity contribution >= 4 is 5.91 Å². The summed E-state index contributed by atoms with van der Waals surface area (Å²) in [5.41, 5.74) is 1.52. The van der Waals surface area contributed by atoms with E-state index < -0.39 is 5.60 Å². The van der Waals surface area contributed by atoms with Gasteiger partial charge in [-0.05, 0) is 85.6 Å². The number of nitrogens with one attached hydrogen (secondary N) is 2. The van der Waals surface area contributed by atoms with Gasteiger partial charge in [0.2, 0.25) is 5.91 Å². The average molecular weight is 480 g/mol. The summed E-state index contributed by atoms with van der Waals surface area (Å²) >= 11 is 0. The Bertz CT molecular complexity index is 990. The normalized spacial score (nSPS) is 29.4. The molecule has 4 unspecified atom stereocenters. The van der Waals surface area contributed by atoms with Crippen molar-refractivity contribution < 1.29 is 14.6 Å². The Morgan fingerprint density at radius 1 is 1.09 bits per heavy atom. The van der Waals surface area contributed by atoms with Crippen LogP contribution in [0.15, 0.2) is 48.7 Å². The first kappa shape index (κ1) is 25.6. The Balaban J connectivity index is 1.45. The number of pyridine rings is 1. The van der Waals surface area contributed by atoms with Gasteiger partial charge < -0.3 is 20.5 Å². The molecule has 6 nitrogen and oxygen atoms in total. The standard InChI is InChI=1S/C29H41N3O3/c1-27(2)18-25(31-20-22-7-5-6-16-30-22)29(15-14-28(3,34)17-24(27)29)13-12-26(33)32-19-21-8-10-23(35-4)11-9-21/h5-11,16,24-25,31,34H,12-15,17-20H2,1-4H3,(H,32,33). The van der Waals surface area contributed by atoms with E-state index in [1.165, 1.54) is 0 Å². The zero-order valence-corrected chi connectivity index (χ0v) is 21.6. The molecule has 0 spiro atoms. The maximum absolute atomic E-state index is 12.9. The number of ether oxygens (including phenoxy) is 1. The number of nitrogens with zero attached hydrogens (tertiary/aromatic N) is 1. The molecule has 2 aliphatic carbocycles. The van der Waals surface area contributed by atoms with Gasteiger partial charge in [0.05, 0.1) is 18.4 Å². The molecule has 3 N–H and O–H groups in total. The lowest BCUT2D eigenvalue weighted by Crippen LogP contribution is -2.51. The van der Waals surface area contributed by atoms with Gasteiger partial charge >= 0.3 is 0 Å². The van der Waals surface area contributed by atoms with Crippen molar-refractivity contribution in [3.8, 4) is 5.75 Å². The first-order chi connectivity index (χ1) is 16.6. The molecule has 2 fully saturated rings. The van der Waals surface area contributed by atoms with Crippen LogP contribution >= 0.6 is 0 Å². The van der Waals surface area contributed by atoms with E-state index in [2.05, 4.69) is 35.5 Å². The SMILES string of the molecule is COc1ccc(CNC(=O)CCC23CCC(C)(O)CC2C(C)(C)CC3NCc2ccccn2)cc1. The number of aromatic nitrogens is 1. The zero-order valence-electron chi connectivity index (χ0n) is 21.6. The summed E-state index contributed by atoms with van der Waals surface area (Å²) < 4.78 is 5.21. The molecule has 2 saturated carbocycles. The molecule has 0 bridgehead atoms. The van der Waals surface area contributed by atoms with E-state index in [0.29, 0.717) is 18.9 Å². The second-order valence-corrected chi connectivity index (χ2v) is 11.6. The van der Waals surface area contributed by atoms with Crippen molar-refractivity contribution in [2.45, 2.75) is 84.0 Å². The number of hydrogen-bond acceptors (Lipinski definition) is 5. The largest absolute Gasteiger partial charge is 0.497 e. The lowest BCUT2D eigenvalue weighted by molar-refractivity contribution is -0.123. The molecular formula is C29H41N3O3. The Hall–Kier alpha value is -2.44. The van der Waals surface area contributed by atoms with Crippen LogP contribution in [0.3, 0.4) is 0 Å². The van der Waals surface area contributed by atoms with Crippen LogP contribution in [-0.4, -0.2) is 34.8 Å². The van der Waals surface area contributed by atoms with Crippen molar-refractivity contribution in [1.29, 1.82) is 0 Å². The number of amides is 1. The van der Waals surface area contributed by atoms with Crippen LogP contribution in [0.1, 0.15) is 70.6 Å². The van der Waals surface area contributed by atoms with Gasteiger partial charge in [-0.2, -0.15) is 0 Å². The molecule has 2 aliphatic rings. The molecule has 190 valence electrons. The van der Waals surface area contributed by atoms with Crippen LogP contribution in [0.2, 0.25) is 0 Å². The fourth-order valence-corrected chi connectivity index (χ4v) is 6.62. The van der Waals surface area contributed by atoms with E-state index in [-0.39, 0.29) is 22.8 Å². The fraction of sp³-hybridized carbons (Fsp3) is 0.586. The predicted octanol–water partition coefficient (Wildman–Crippen LogP) is 4.61. The third-order valence-corrected chi connectivity index (χ3v) is 8.56. The monoisotopic (exact) mass is 479 g/mol. The van der Waals surface area contributed by atoms with Crippen molar-refractivity contribution in [3.05, 3.63) is 59.9 Å². The third kappa shape index (κ3) is 5.87. The minimum atomic E-state index is -0.641. The molecule has 0 aliphatic heterocycles. The van der Waals surface area contributed by atoms with Crippen LogP contribution in [-0.2, 0) is 17.9 Å². The van der Waals surface area contributed by atoms with E-state index in [1.54, 1.807) is 7.11 Å². The topological polar surface area (TPSA) is 83.5 Å². The number of methoxy groups -OCH3 is 1. The van der Waals surface area contributed by atoms with E-state index in [4.69, 9.17) is 4.74 Å². The summed E-state index contributed by atoms with van der Waals surface area (Å²) in [5.74, 6) is 1.25. The molecule has 2 aromatic rings. The lowest BCUT2D eigenvalue weighted by atomic mass is 9.57. The summed E-state index contributed by atoms with van der Waals surface area (Å²) in [7, 11) is 1.65. The van der Waals surface area contributed by atoms with Crippen LogP contribution < -0.4 is 15.4 Å². The third-order valence-electron chi connectivity index (χ3n) is 8.56. The lowest BCUT2D eigenvalue weighted by Gasteiger charge is -2.51. The van der Waals surface area contributed by atoms with Gasteiger partial charge in [-0.3, -0.25) is 9.78 Å².